The van der Waals surface area contributed by atoms with Gasteiger partial charge < -0.3 is 0 Å². The number of thioether (sulfide) groups is 1. The van der Waals surface area contributed by atoms with Gasteiger partial charge in [-0.25, -0.2) is 0 Å². The van der Waals surface area contributed by atoms with Gasteiger partial charge in [-0.2, -0.15) is 0 Å². The zero-order chi connectivity index (χ0) is 19.8. The highest BCUT2D eigenvalue weighted by molar-refractivity contribution is 8.13. The summed E-state index contributed by atoms with van der Waals surface area (Å²) in [6, 6.07) is 0. The molecule has 1 atom stereocenters. The fraction of sp³-hybridized carbons (Fsp3) is 0.958. The smallest absolute Gasteiger partial charge is 0.188 e. The van der Waals surface area contributed by atoms with Gasteiger partial charge in [0.1, 0.15) is 0 Å². The Balaban J connectivity index is 3.36. The summed E-state index contributed by atoms with van der Waals surface area (Å²) in [6.45, 7) is 13.9. The molecule has 0 fully saturated rings. The van der Waals surface area contributed by atoms with Crippen molar-refractivity contribution < 1.29 is 4.79 Å². The first kappa shape index (κ1) is 26.0. The van der Waals surface area contributed by atoms with E-state index in [0.29, 0.717) is 10.5 Å². The number of hydrogen-bond acceptors (Lipinski definition) is 2. The highest BCUT2D eigenvalue weighted by atomic mass is 32.2. The Morgan fingerprint density at radius 3 is 1.92 bits per heavy atom. The number of hydrogen-bond donors (Lipinski definition) is 0. The largest absolute Gasteiger partial charge is 0.287 e. The van der Waals surface area contributed by atoms with Crippen LogP contribution in [0.3, 0.4) is 0 Å². The van der Waals surface area contributed by atoms with E-state index in [2.05, 4.69) is 41.5 Å². The summed E-state index contributed by atoms with van der Waals surface area (Å²) in [5.74, 6) is 2.61. The van der Waals surface area contributed by atoms with E-state index < -0.39 is 0 Å². The summed E-state index contributed by atoms with van der Waals surface area (Å²) >= 11 is 1.58. The molecule has 1 unspecified atom stereocenters. The fourth-order valence-corrected chi connectivity index (χ4v) is 4.31. The third-order valence-electron chi connectivity index (χ3n) is 5.16. The lowest BCUT2D eigenvalue weighted by Crippen LogP contribution is -2.03. The molecule has 0 aromatic carbocycles. The van der Waals surface area contributed by atoms with E-state index >= 15 is 0 Å². The summed E-state index contributed by atoms with van der Waals surface area (Å²) in [5, 5.41) is 0.421. The monoisotopic (exact) mass is 384 g/mol. The van der Waals surface area contributed by atoms with Gasteiger partial charge in [-0.3, -0.25) is 4.79 Å². The van der Waals surface area contributed by atoms with Gasteiger partial charge in [0.2, 0.25) is 0 Å². The normalized spacial score (nSPS) is 13.3. The maximum atomic E-state index is 12.0. The summed E-state index contributed by atoms with van der Waals surface area (Å²) in [4.78, 5) is 12.0. The molecule has 0 N–H and O–H groups in total. The molecule has 2 heteroatoms. The van der Waals surface area contributed by atoms with Crippen LogP contribution < -0.4 is 0 Å². The van der Waals surface area contributed by atoms with Crippen molar-refractivity contribution in [3.8, 4) is 0 Å². The number of carbonyl (C=O) groups excluding carboxylic acids is 1. The SMILES string of the molecule is CC(C)CCCC(C)CCSC(=O)CCCCCCCCCC(C)(C)C. The van der Waals surface area contributed by atoms with Crippen LogP contribution in [0.2, 0.25) is 0 Å². The zero-order valence-electron chi connectivity index (χ0n) is 18.9. The molecular weight excluding hydrogens is 336 g/mol. The van der Waals surface area contributed by atoms with E-state index in [-0.39, 0.29) is 0 Å². The minimum absolute atomic E-state index is 0.421. The van der Waals surface area contributed by atoms with Crippen molar-refractivity contribution in [3.63, 3.8) is 0 Å². The number of carbonyl (C=O) groups is 1. The molecule has 0 aliphatic rings. The third kappa shape index (κ3) is 20.3. The minimum Gasteiger partial charge on any atom is -0.287 e. The first-order chi connectivity index (χ1) is 12.2. The van der Waals surface area contributed by atoms with Gasteiger partial charge in [-0.1, -0.05) is 111 Å². The Labute approximate surface area is 169 Å². The molecule has 0 aromatic heterocycles. The van der Waals surface area contributed by atoms with Crippen molar-refractivity contribution >= 4 is 16.9 Å². The van der Waals surface area contributed by atoms with Crippen molar-refractivity contribution in [3.05, 3.63) is 0 Å². The predicted octanol–water partition coefficient (Wildman–Crippen LogP) is 8.66. The van der Waals surface area contributed by atoms with Gasteiger partial charge in [0.25, 0.3) is 0 Å². The lowest BCUT2D eigenvalue weighted by Gasteiger charge is -2.17. The average molecular weight is 385 g/mol. The van der Waals surface area contributed by atoms with E-state index in [1.165, 1.54) is 70.6 Å². The topological polar surface area (TPSA) is 17.1 Å². The van der Waals surface area contributed by atoms with E-state index in [9.17, 15) is 4.79 Å². The van der Waals surface area contributed by atoms with Crippen molar-refractivity contribution in [1.29, 1.82) is 0 Å². The van der Waals surface area contributed by atoms with Crippen molar-refractivity contribution in [2.24, 2.45) is 17.3 Å². The molecule has 0 aromatic rings. The average Bonchev–Trinajstić information content (AvgIpc) is 2.51. The first-order valence-electron chi connectivity index (χ1n) is 11.4. The molecule has 0 aliphatic carbocycles. The summed E-state index contributed by atoms with van der Waals surface area (Å²) < 4.78 is 0. The van der Waals surface area contributed by atoms with Crippen molar-refractivity contribution in [1.82, 2.24) is 0 Å². The Hall–Kier alpha value is 0.0200. The molecule has 0 rings (SSSR count). The molecule has 0 saturated heterocycles. The molecule has 156 valence electrons. The van der Waals surface area contributed by atoms with Gasteiger partial charge in [0.05, 0.1) is 0 Å². The highest BCUT2D eigenvalue weighted by Crippen LogP contribution is 2.23. The molecule has 0 radical (unpaired) electrons. The number of unbranched alkanes of at least 4 members (excludes halogenated alkanes) is 6. The van der Waals surface area contributed by atoms with E-state index in [0.717, 1.165) is 30.4 Å². The molecule has 1 nitrogen and oxygen atoms in total. The van der Waals surface area contributed by atoms with Crippen LogP contribution in [0.15, 0.2) is 0 Å². The molecule has 0 amide bonds. The van der Waals surface area contributed by atoms with E-state index in [1.807, 2.05) is 0 Å². The van der Waals surface area contributed by atoms with Crippen molar-refractivity contribution in [2.75, 3.05) is 5.75 Å². The standard InChI is InChI=1S/C24H48OS/c1-21(2)15-14-16-22(3)18-20-26-23(25)17-12-10-8-7-9-11-13-19-24(4,5)6/h21-22H,7-20H2,1-6H3. The van der Waals surface area contributed by atoms with Crippen LogP contribution in [0.4, 0.5) is 0 Å². The molecule has 0 aliphatic heterocycles. The highest BCUT2D eigenvalue weighted by Gasteiger charge is 2.09. The van der Waals surface area contributed by atoms with Crippen LogP contribution >= 0.6 is 11.8 Å². The van der Waals surface area contributed by atoms with Crippen LogP contribution in [0.5, 0.6) is 0 Å². The molecule has 0 bridgehead atoms. The lowest BCUT2D eigenvalue weighted by atomic mass is 9.89. The summed E-state index contributed by atoms with van der Waals surface area (Å²) in [6.07, 6.45) is 16.4. The zero-order valence-corrected chi connectivity index (χ0v) is 19.7. The Bertz CT molecular complexity index is 330. The Kier molecular flexibility index (Phi) is 16.0. The molecule has 26 heavy (non-hydrogen) atoms. The first-order valence-corrected chi connectivity index (χ1v) is 12.3. The Morgan fingerprint density at radius 1 is 0.769 bits per heavy atom. The van der Waals surface area contributed by atoms with Crippen LogP contribution in [-0.2, 0) is 4.79 Å². The van der Waals surface area contributed by atoms with Gasteiger partial charge in [0, 0.05) is 12.2 Å². The second-order valence-electron chi connectivity index (χ2n) is 9.97. The second kappa shape index (κ2) is 16.0. The molecule has 0 heterocycles. The minimum atomic E-state index is 0.421. The van der Waals surface area contributed by atoms with Crippen LogP contribution in [-0.4, -0.2) is 10.9 Å². The molecule has 0 saturated carbocycles. The van der Waals surface area contributed by atoms with Crippen LogP contribution in [0.25, 0.3) is 0 Å². The van der Waals surface area contributed by atoms with Gasteiger partial charge in [0.15, 0.2) is 5.12 Å². The Morgan fingerprint density at radius 2 is 1.35 bits per heavy atom. The lowest BCUT2D eigenvalue weighted by molar-refractivity contribution is -0.111. The van der Waals surface area contributed by atoms with Gasteiger partial charge in [-0.15, -0.1) is 0 Å². The third-order valence-corrected chi connectivity index (χ3v) is 6.13. The molecular formula is C24H48OS. The summed E-state index contributed by atoms with van der Waals surface area (Å²) in [7, 11) is 0. The fourth-order valence-electron chi connectivity index (χ4n) is 3.27. The van der Waals surface area contributed by atoms with E-state index in [1.54, 1.807) is 11.8 Å². The second-order valence-corrected chi connectivity index (χ2v) is 11.1. The molecule has 0 spiro atoms. The summed E-state index contributed by atoms with van der Waals surface area (Å²) in [5.41, 5.74) is 0.490. The van der Waals surface area contributed by atoms with Crippen LogP contribution in [0.1, 0.15) is 125 Å². The van der Waals surface area contributed by atoms with Crippen molar-refractivity contribution in [2.45, 2.75) is 125 Å². The van der Waals surface area contributed by atoms with Gasteiger partial charge >= 0.3 is 0 Å². The van der Waals surface area contributed by atoms with E-state index in [4.69, 9.17) is 0 Å². The van der Waals surface area contributed by atoms with Gasteiger partial charge in [-0.05, 0) is 36.5 Å². The number of rotatable bonds is 16. The quantitative estimate of drug-likeness (QED) is 0.248. The maximum Gasteiger partial charge on any atom is 0.188 e. The van der Waals surface area contributed by atoms with Crippen LogP contribution in [0, 0.1) is 17.3 Å². The maximum absolute atomic E-state index is 12.0. The predicted molar refractivity (Wildman–Crippen MR) is 121 cm³/mol.